The highest BCUT2D eigenvalue weighted by atomic mass is 16.5. The van der Waals surface area contributed by atoms with Crippen LogP contribution >= 0.6 is 0 Å². The van der Waals surface area contributed by atoms with Gasteiger partial charge >= 0.3 is 0 Å². The molecule has 7 nitrogen and oxygen atoms in total. The molecule has 2 aromatic carbocycles. The number of amides is 1. The number of hydrogen-bond acceptors (Lipinski definition) is 6. The monoisotopic (exact) mass is 396 g/mol. The molecule has 1 fully saturated rings. The van der Waals surface area contributed by atoms with E-state index >= 15 is 0 Å². The number of hydrogen-bond donors (Lipinski definition) is 2. The second-order valence-electron chi connectivity index (χ2n) is 7.16. The van der Waals surface area contributed by atoms with Crippen LogP contribution in [-0.2, 0) is 11.3 Å². The molecular formula is C22H28N4O3. The average Bonchev–Trinajstić information content (AvgIpc) is 2.74. The molecule has 29 heavy (non-hydrogen) atoms. The first-order valence-electron chi connectivity index (χ1n) is 9.74. The summed E-state index contributed by atoms with van der Waals surface area (Å²) in [6.07, 6.45) is 0. The zero-order valence-corrected chi connectivity index (χ0v) is 17.0. The minimum atomic E-state index is -0.133. The largest absolute Gasteiger partial charge is 0.504 e. The van der Waals surface area contributed by atoms with Crippen molar-refractivity contribution in [3.8, 4) is 11.5 Å². The highest BCUT2D eigenvalue weighted by molar-refractivity contribution is 5.99. The van der Waals surface area contributed by atoms with Gasteiger partial charge in [-0.05, 0) is 30.7 Å². The van der Waals surface area contributed by atoms with Crippen LogP contribution in [0.3, 0.4) is 0 Å². The molecule has 1 saturated heterocycles. The minimum Gasteiger partial charge on any atom is -0.504 e. The third-order valence-electron chi connectivity index (χ3n) is 5.03. The quantitative estimate of drug-likeness (QED) is 0.553. The Morgan fingerprint density at radius 3 is 2.48 bits per heavy atom. The molecule has 0 atom stereocenters. The third-order valence-corrected chi connectivity index (χ3v) is 5.03. The third kappa shape index (κ3) is 6.04. The lowest BCUT2D eigenvalue weighted by molar-refractivity contribution is -0.122. The Bertz CT molecular complexity index is 846. The van der Waals surface area contributed by atoms with E-state index in [1.54, 1.807) is 25.1 Å². The van der Waals surface area contributed by atoms with Gasteiger partial charge in [-0.1, -0.05) is 30.3 Å². The molecule has 2 N–H and O–H groups in total. The number of methoxy groups -OCH3 is 1. The van der Waals surface area contributed by atoms with E-state index in [1.807, 2.05) is 6.07 Å². The molecule has 0 saturated carbocycles. The van der Waals surface area contributed by atoms with Gasteiger partial charge in [-0.2, -0.15) is 5.10 Å². The molecule has 0 radical (unpaired) electrons. The van der Waals surface area contributed by atoms with Gasteiger partial charge in [-0.3, -0.25) is 14.6 Å². The number of nitrogens with one attached hydrogen (secondary N) is 1. The lowest BCUT2D eigenvalue weighted by atomic mass is 10.1. The van der Waals surface area contributed by atoms with Crippen molar-refractivity contribution in [2.75, 3.05) is 39.8 Å². The molecule has 0 unspecified atom stereocenters. The number of nitrogens with zero attached hydrogens (tertiary/aromatic N) is 3. The Labute approximate surface area is 171 Å². The van der Waals surface area contributed by atoms with Gasteiger partial charge in [-0.15, -0.1) is 0 Å². The molecule has 1 amide bonds. The van der Waals surface area contributed by atoms with Gasteiger partial charge in [0.25, 0.3) is 5.91 Å². The Balaban J connectivity index is 1.44. The number of rotatable bonds is 7. The predicted molar refractivity (Wildman–Crippen MR) is 113 cm³/mol. The average molecular weight is 396 g/mol. The van der Waals surface area contributed by atoms with E-state index in [0.29, 0.717) is 18.0 Å². The zero-order chi connectivity index (χ0) is 20.6. The van der Waals surface area contributed by atoms with E-state index < -0.39 is 0 Å². The predicted octanol–water partition coefficient (Wildman–Crippen LogP) is 2.06. The van der Waals surface area contributed by atoms with Gasteiger partial charge < -0.3 is 9.84 Å². The molecule has 0 spiro atoms. The maximum absolute atomic E-state index is 12.3. The van der Waals surface area contributed by atoms with Crippen LogP contribution in [-0.4, -0.2) is 66.4 Å². The summed E-state index contributed by atoms with van der Waals surface area (Å²) in [6, 6.07) is 15.4. The van der Waals surface area contributed by atoms with Crippen LogP contribution in [0.2, 0.25) is 0 Å². The fourth-order valence-corrected chi connectivity index (χ4v) is 3.30. The van der Waals surface area contributed by atoms with Gasteiger partial charge in [0.2, 0.25) is 0 Å². The second kappa shape index (κ2) is 10.0. The Kier molecular flexibility index (Phi) is 7.21. The summed E-state index contributed by atoms with van der Waals surface area (Å²) in [5.41, 5.74) is 5.35. The van der Waals surface area contributed by atoms with Crippen molar-refractivity contribution in [3.05, 3.63) is 59.7 Å². The number of ether oxygens (including phenoxy) is 1. The molecule has 2 aromatic rings. The first-order valence-corrected chi connectivity index (χ1v) is 9.74. The molecule has 0 aliphatic carbocycles. The van der Waals surface area contributed by atoms with Crippen molar-refractivity contribution >= 4 is 11.6 Å². The van der Waals surface area contributed by atoms with E-state index in [-0.39, 0.29) is 11.7 Å². The van der Waals surface area contributed by atoms with Crippen molar-refractivity contribution in [1.29, 1.82) is 0 Å². The lowest BCUT2D eigenvalue weighted by Crippen LogP contribution is -2.48. The van der Waals surface area contributed by atoms with Crippen molar-refractivity contribution in [2.45, 2.75) is 13.5 Å². The summed E-state index contributed by atoms with van der Waals surface area (Å²) in [7, 11) is 1.49. The standard InChI is InChI=1S/C22H28N4O3/c1-17(19-8-9-20(27)21(14-19)29-2)23-24-22(28)16-26-12-10-25(11-13-26)15-18-6-4-3-5-7-18/h3-9,14,27H,10-13,15-16H2,1-2H3,(H,24,28)/b23-17-. The number of phenols is 1. The maximum atomic E-state index is 12.3. The van der Waals surface area contributed by atoms with Gasteiger partial charge in [0.15, 0.2) is 11.5 Å². The topological polar surface area (TPSA) is 77.4 Å². The molecule has 0 aromatic heterocycles. The van der Waals surface area contributed by atoms with Gasteiger partial charge in [0.1, 0.15) is 0 Å². The summed E-state index contributed by atoms with van der Waals surface area (Å²) >= 11 is 0. The normalized spacial score (nSPS) is 15.9. The second-order valence-corrected chi connectivity index (χ2v) is 7.16. The molecular weight excluding hydrogens is 368 g/mol. The molecule has 3 rings (SSSR count). The number of hydrazone groups is 1. The van der Waals surface area contributed by atoms with Crippen LogP contribution in [0.1, 0.15) is 18.1 Å². The Hall–Kier alpha value is -2.90. The number of benzene rings is 2. The van der Waals surface area contributed by atoms with Crippen LogP contribution < -0.4 is 10.2 Å². The summed E-state index contributed by atoms with van der Waals surface area (Å²) in [5, 5.41) is 13.9. The smallest absolute Gasteiger partial charge is 0.254 e. The summed E-state index contributed by atoms with van der Waals surface area (Å²) < 4.78 is 5.11. The van der Waals surface area contributed by atoms with Gasteiger partial charge in [-0.25, -0.2) is 5.43 Å². The van der Waals surface area contributed by atoms with E-state index in [0.717, 1.165) is 38.3 Å². The van der Waals surface area contributed by atoms with Gasteiger partial charge in [0, 0.05) is 38.3 Å². The highest BCUT2D eigenvalue weighted by Gasteiger charge is 2.19. The fourth-order valence-electron chi connectivity index (χ4n) is 3.30. The maximum Gasteiger partial charge on any atom is 0.254 e. The molecule has 7 heteroatoms. The minimum absolute atomic E-state index is 0.0690. The number of aromatic hydroxyl groups is 1. The van der Waals surface area contributed by atoms with E-state index in [1.165, 1.54) is 12.7 Å². The van der Waals surface area contributed by atoms with Crippen LogP contribution in [0.25, 0.3) is 0 Å². The van der Waals surface area contributed by atoms with Crippen molar-refractivity contribution in [3.63, 3.8) is 0 Å². The molecule has 1 aliphatic heterocycles. The number of piperazine rings is 1. The molecule has 1 aliphatic rings. The zero-order valence-electron chi connectivity index (χ0n) is 17.0. The Morgan fingerprint density at radius 2 is 1.79 bits per heavy atom. The number of phenolic OH excluding ortho intramolecular Hbond substituents is 1. The Morgan fingerprint density at radius 1 is 1.10 bits per heavy atom. The molecule has 0 bridgehead atoms. The van der Waals surface area contributed by atoms with E-state index in [2.05, 4.69) is 44.6 Å². The fraction of sp³-hybridized carbons (Fsp3) is 0.364. The highest BCUT2D eigenvalue weighted by Crippen LogP contribution is 2.26. The first kappa shape index (κ1) is 20.8. The van der Waals surface area contributed by atoms with Crippen molar-refractivity contribution < 1.29 is 14.6 Å². The number of carbonyl (C=O) groups is 1. The summed E-state index contributed by atoms with van der Waals surface area (Å²) in [4.78, 5) is 16.8. The van der Waals surface area contributed by atoms with Crippen LogP contribution in [0.15, 0.2) is 53.6 Å². The van der Waals surface area contributed by atoms with Crippen LogP contribution in [0, 0.1) is 0 Å². The number of carbonyl (C=O) groups excluding carboxylic acids is 1. The van der Waals surface area contributed by atoms with Gasteiger partial charge in [0.05, 0.1) is 19.4 Å². The molecule has 154 valence electrons. The summed E-state index contributed by atoms with van der Waals surface area (Å²) in [6.45, 7) is 6.68. The lowest BCUT2D eigenvalue weighted by Gasteiger charge is -2.34. The first-order chi connectivity index (χ1) is 14.0. The molecule has 1 heterocycles. The SMILES string of the molecule is COc1cc(/C(C)=N\NC(=O)CN2CCN(Cc3ccccc3)CC2)ccc1O. The van der Waals surface area contributed by atoms with Crippen molar-refractivity contribution in [1.82, 2.24) is 15.2 Å². The summed E-state index contributed by atoms with van der Waals surface area (Å²) in [5.74, 6) is 0.308. The van der Waals surface area contributed by atoms with Crippen LogP contribution in [0.5, 0.6) is 11.5 Å². The van der Waals surface area contributed by atoms with Crippen molar-refractivity contribution in [2.24, 2.45) is 5.10 Å². The van der Waals surface area contributed by atoms with Crippen LogP contribution in [0.4, 0.5) is 0 Å². The van der Waals surface area contributed by atoms with E-state index in [4.69, 9.17) is 4.74 Å². The van der Waals surface area contributed by atoms with E-state index in [9.17, 15) is 9.90 Å².